The molecule has 262 valence electrons. The third-order valence-corrected chi connectivity index (χ3v) is 10.9. The summed E-state index contributed by atoms with van der Waals surface area (Å²) in [7, 11) is 0. The molecule has 0 aliphatic carbocycles. The fraction of sp³-hybridized carbons (Fsp3) is 0.389. The Hall–Kier alpha value is -4.53. The van der Waals surface area contributed by atoms with Crippen LogP contribution in [-0.4, -0.2) is 78.4 Å². The number of thioether (sulfide) groups is 1. The van der Waals surface area contributed by atoms with Gasteiger partial charge < -0.3 is 19.6 Å². The molecule has 4 atom stereocenters. The fourth-order valence-electron chi connectivity index (χ4n) is 6.75. The number of ether oxygens (including phenoxy) is 1. The number of benzene rings is 3. The van der Waals surface area contributed by atoms with Crippen LogP contribution >= 0.6 is 11.8 Å². The van der Waals surface area contributed by atoms with Crippen molar-refractivity contribution in [1.29, 1.82) is 0 Å². The Morgan fingerprint density at radius 3 is 2.20 bits per heavy atom. The maximum atomic E-state index is 15.0. The van der Waals surface area contributed by atoms with Crippen molar-refractivity contribution in [1.82, 2.24) is 29.1 Å². The smallest absolute Gasteiger partial charge is 0.350 e. The van der Waals surface area contributed by atoms with Gasteiger partial charge in [0.05, 0.1) is 30.5 Å². The average molecular weight is 703 g/mol. The van der Waals surface area contributed by atoms with Gasteiger partial charge in [0.1, 0.15) is 36.2 Å². The minimum Gasteiger partial charge on any atom is -0.391 e. The topological polar surface area (TPSA) is 106 Å². The minimum atomic E-state index is -0.952. The molecular weight excluding hydrogens is 663 g/mol. The van der Waals surface area contributed by atoms with Crippen LogP contribution in [0.2, 0.25) is 0 Å². The number of nitrogens with zero attached hydrogens (tertiary/aromatic N) is 8. The summed E-state index contributed by atoms with van der Waals surface area (Å²) < 4.78 is 39.7. The highest BCUT2D eigenvalue weighted by molar-refractivity contribution is 7.99. The molecule has 14 heteroatoms. The fourth-order valence-corrected chi connectivity index (χ4v) is 7.69. The van der Waals surface area contributed by atoms with Gasteiger partial charge in [-0.2, -0.15) is 10.2 Å². The number of anilines is 2. The van der Waals surface area contributed by atoms with Gasteiger partial charge in [-0.3, -0.25) is 0 Å². The van der Waals surface area contributed by atoms with E-state index in [1.165, 1.54) is 39.7 Å². The molecule has 0 spiro atoms. The Bertz CT molecular complexity index is 1940. The maximum Gasteiger partial charge on any atom is 0.350 e. The molecule has 7 rings (SSSR count). The summed E-state index contributed by atoms with van der Waals surface area (Å²) in [5.74, 6) is -0.528. The second kappa shape index (κ2) is 14.4. The van der Waals surface area contributed by atoms with Crippen LogP contribution in [0.1, 0.15) is 38.3 Å². The molecule has 2 fully saturated rings. The highest BCUT2D eigenvalue weighted by Crippen LogP contribution is 2.43. The number of hydrogen-bond acceptors (Lipinski definition) is 9. The molecule has 4 unspecified atom stereocenters. The zero-order chi connectivity index (χ0) is 34.8. The molecule has 11 nitrogen and oxygen atoms in total. The lowest BCUT2D eigenvalue weighted by atomic mass is 9.90. The molecule has 2 aliphatic heterocycles. The van der Waals surface area contributed by atoms with Gasteiger partial charge in [-0.1, -0.05) is 6.07 Å². The molecule has 4 heterocycles. The maximum absolute atomic E-state index is 15.0. The first-order valence-electron chi connectivity index (χ1n) is 16.8. The van der Waals surface area contributed by atoms with Crippen LogP contribution in [0.3, 0.4) is 0 Å². The summed E-state index contributed by atoms with van der Waals surface area (Å²) in [6, 6.07) is 19.7. The van der Waals surface area contributed by atoms with E-state index >= 15 is 0 Å². The molecule has 2 aromatic heterocycles. The van der Waals surface area contributed by atoms with Gasteiger partial charge in [0, 0.05) is 59.8 Å². The summed E-state index contributed by atoms with van der Waals surface area (Å²) >= 11 is 1.71. The van der Waals surface area contributed by atoms with E-state index in [9.17, 15) is 18.7 Å². The summed E-state index contributed by atoms with van der Waals surface area (Å²) in [4.78, 5) is 22.7. The highest BCUT2D eigenvalue weighted by atomic mass is 32.2. The number of aromatic nitrogens is 6. The second-order valence-electron chi connectivity index (χ2n) is 13.0. The van der Waals surface area contributed by atoms with Crippen LogP contribution in [0, 0.1) is 11.6 Å². The van der Waals surface area contributed by atoms with Crippen LogP contribution in [0.15, 0.2) is 95.4 Å². The van der Waals surface area contributed by atoms with Crippen LogP contribution in [-0.2, 0) is 16.9 Å². The molecular formula is C36H40F2N8O3S. The molecule has 1 N–H and O–H groups in total. The van der Waals surface area contributed by atoms with Crippen LogP contribution in [0.5, 0.6) is 0 Å². The number of aliphatic hydroxyl groups is 1. The second-order valence-corrected chi connectivity index (χ2v) is 14.1. The lowest BCUT2D eigenvalue weighted by molar-refractivity contribution is -0.0530. The van der Waals surface area contributed by atoms with Crippen molar-refractivity contribution in [2.24, 2.45) is 0 Å². The number of rotatable bonds is 11. The monoisotopic (exact) mass is 702 g/mol. The van der Waals surface area contributed by atoms with E-state index in [2.05, 4.69) is 49.2 Å². The Kier molecular flexibility index (Phi) is 9.76. The van der Waals surface area contributed by atoms with E-state index in [0.29, 0.717) is 24.3 Å². The molecule has 2 saturated heterocycles. The van der Waals surface area contributed by atoms with E-state index < -0.39 is 29.4 Å². The van der Waals surface area contributed by atoms with Gasteiger partial charge in [-0.15, -0.1) is 11.8 Å². The molecule has 0 bridgehead atoms. The van der Waals surface area contributed by atoms with Crippen LogP contribution in [0.25, 0.3) is 5.69 Å². The Morgan fingerprint density at radius 1 is 0.920 bits per heavy atom. The van der Waals surface area contributed by atoms with Gasteiger partial charge in [0.2, 0.25) is 0 Å². The zero-order valence-electron chi connectivity index (χ0n) is 28.0. The molecule has 0 radical (unpaired) electrons. The minimum absolute atomic E-state index is 0.104. The molecule has 0 saturated carbocycles. The van der Waals surface area contributed by atoms with E-state index in [0.717, 1.165) is 54.9 Å². The molecule has 3 aromatic carbocycles. The van der Waals surface area contributed by atoms with E-state index in [4.69, 9.17) is 4.74 Å². The van der Waals surface area contributed by atoms with Gasteiger partial charge in [-0.25, -0.2) is 32.5 Å². The lowest BCUT2D eigenvalue weighted by Gasteiger charge is -2.37. The zero-order valence-corrected chi connectivity index (χ0v) is 28.8. The van der Waals surface area contributed by atoms with Crippen molar-refractivity contribution < 1.29 is 18.6 Å². The largest absolute Gasteiger partial charge is 0.391 e. The molecule has 2 aliphatic rings. The summed E-state index contributed by atoms with van der Waals surface area (Å²) in [5, 5.41) is 18.3. The van der Waals surface area contributed by atoms with Crippen molar-refractivity contribution in [3.63, 3.8) is 0 Å². The molecule has 0 amide bonds. The van der Waals surface area contributed by atoms with Crippen LogP contribution in [0.4, 0.5) is 20.2 Å². The Morgan fingerprint density at radius 2 is 1.58 bits per heavy atom. The molecule has 5 aromatic rings. The first kappa shape index (κ1) is 33.9. The van der Waals surface area contributed by atoms with Crippen molar-refractivity contribution >= 4 is 23.1 Å². The number of hydrogen-bond donors (Lipinski definition) is 1. The van der Waals surface area contributed by atoms with Crippen molar-refractivity contribution in [3.05, 3.63) is 113 Å². The summed E-state index contributed by atoms with van der Waals surface area (Å²) in [6.45, 7) is 7.19. The van der Waals surface area contributed by atoms with E-state index in [1.807, 2.05) is 24.3 Å². The predicted octanol–water partition coefficient (Wildman–Crippen LogP) is 5.04. The van der Waals surface area contributed by atoms with E-state index in [1.54, 1.807) is 36.6 Å². The SMILES string of the molecule is CC(O)C(C)n1ncn(-c2ccc(N3CCN(c4ccc(SCC5CCC(Cn6cncn6)(c6ccc(F)cc6F)O5)cc4)CC3)cc2)c1=O. The van der Waals surface area contributed by atoms with Gasteiger partial charge in [0.25, 0.3) is 0 Å². The Balaban J connectivity index is 0.924. The quantitative estimate of drug-likeness (QED) is 0.190. The standard InChI is InChI=1S/C36H40F2N8O3S/c1-25(26(2)47)46-35(48)45(24-41-46)30-6-4-28(5-7-30)42-15-17-43(18-16-42)29-8-10-32(11-9-29)50-20-31-13-14-36(49-31,21-44-23-39-22-40-44)33-12-3-27(37)19-34(33)38/h3-12,19,22-26,31,47H,13-18,20-21H2,1-2H3. The van der Waals surface area contributed by atoms with Crippen LogP contribution < -0.4 is 15.5 Å². The lowest BCUT2D eigenvalue weighted by Crippen LogP contribution is -2.46. The third-order valence-electron chi connectivity index (χ3n) is 9.76. The summed E-state index contributed by atoms with van der Waals surface area (Å²) in [5.41, 5.74) is 2.10. The van der Waals surface area contributed by atoms with E-state index in [-0.39, 0.29) is 11.8 Å². The first-order chi connectivity index (χ1) is 24.2. The number of halogens is 2. The Labute approximate surface area is 293 Å². The van der Waals surface area contributed by atoms with Crippen molar-refractivity contribution in [2.45, 2.75) is 62.0 Å². The first-order valence-corrected chi connectivity index (χ1v) is 17.8. The average Bonchev–Trinajstić information content (AvgIpc) is 3.88. The van der Waals surface area contributed by atoms with Crippen molar-refractivity contribution in [3.8, 4) is 5.69 Å². The van der Waals surface area contributed by atoms with Gasteiger partial charge in [0.15, 0.2) is 0 Å². The molecule has 50 heavy (non-hydrogen) atoms. The van der Waals surface area contributed by atoms with Gasteiger partial charge in [-0.05, 0) is 81.3 Å². The number of aliphatic hydroxyl groups excluding tert-OH is 1. The predicted molar refractivity (Wildman–Crippen MR) is 188 cm³/mol. The van der Waals surface area contributed by atoms with Crippen molar-refractivity contribution in [2.75, 3.05) is 41.7 Å². The summed E-state index contributed by atoms with van der Waals surface area (Å²) in [6.07, 6.45) is 5.06. The number of piperazine rings is 1. The normalized spacial score (nSPS) is 20.7. The highest BCUT2D eigenvalue weighted by Gasteiger charge is 2.44. The third kappa shape index (κ3) is 7.05. The van der Waals surface area contributed by atoms with Gasteiger partial charge >= 0.3 is 5.69 Å².